The summed E-state index contributed by atoms with van der Waals surface area (Å²) in [6, 6.07) is 3.87. The molecule has 0 saturated carbocycles. The zero-order valence-electron chi connectivity index (χ0n) is 9.09. The first-order chi connectivity index (χ1) is 8.22. The molecule has 0 atom stereocenters. The molecule has 0 aromatic carbocycles. The highest BCUT2D eigenvalue weighted by molar-refractivity contribution is 7.19. The van der Waals surface area contributed by atoms with E-state index < -0.39 is 0 Å². The number of hydrogen-bond acceptors (Lipinski definition) is 4. The molecular formula is C11H9ClN4S. The number of hydrogen-bond donors (Lipinski definition) is 0. The van der Waals surface area contributed by atoms with Crippen LogP contribution >= 0.6 is 22.9 Å². The second-order valence-corrected chi connectivity index (χ2v) is 5.32. The molecule has 17 heavy (non-hydrogen) atoms. The molecule has 0 aliphatic rings. The Morgan fingerprint density at radius 1 is 1.47 bits per heavy atom. The predicted octanol–water partition coefficient (Wildman–Crippen LogP) is 2.67. The fourth-order valence-corrected chi connectivity index (χ4v) is 3.00. The van der Waals surface area contributed by atoms with Gasteiger partial charge in [0.1, 0.15) is 0 Å². The van der Waals surface area contributed by atoms with Gasteiger partial charge in [0.15, 0.2) is 0 Å². The van der Waals surface area contributed by atoms with Crippen molar-refractivity contribution < 1.29 is 0 Å². The molecule has 3 heterocycles. The normalized spacial score (nSPS) is 11.2. The predicted molar refractivity (Wildman–Crippen MR) is 68.4 cm³/mol. The number of rotatable bonds is 2. The van der Waals surface area contributed by atoms with Crippen molar-refractivity contribution in [3.05, 3.63) is 40.1 Å². The number of fused-ring (bicyclic) bond motifs is 1. The number of aromatic nitrogens is 4. The Morgan fingerprint density at radius 3 is 3.06 bits per heavy atom. The number of halogens is 1. The average Bonchev–Trinajstić information content (AvgIpc) is 2.86. The molecule has 0 spiro atoms. The molecule has 0 unspecified atom stereocenters. The molecule has 0 aliphatic carbocycles. The fraction of sp³-hybridized carbons (Fsp3) is 0.182. The van der Waals surface area contributed by atoms with Crippen molar-refractivity contribution in [3.8, 4) is 0 Å². The standard InChI is InChI=1S/C11H9ClN4S/c1-16-6-7(14-15-16)4-8-5-10-11(17-8)9(12)2-3-13-10/h2-3,5-6H,4H2,1H3. The average molecular weight is 265 g/mol. The summed E-state index contributed by atoms with van der Waals surface area (Å²) in [5, 5.41) is 8.74. The Kier molecular flexibility index (Phi) is 2.57. The smallest absolute Gasteiger partial charge is 0.0878 e. The first-order valence-corrected chi connectivity index (χ1v) is 6.30. The second-order valence-electron chi connectivity index (χ2n) is 3.78. The summed E-state index contributed by atoms with van der Waals surface area (Å²) in [6.07, 6.45) is 4.41. The molecule has 0 radical (unpaired) electrons. The third kappa shape index (κ3) is 2.03. The summed E-state index contributed by atoms with van der Waals surface area (Å²) in [6.45, 7) is 0. The lowest BCUT2D eigenvalue weighted by Crippen LogP contribution is -1.85. The zero-order chi connectivity index (χ0) is 11.8. The lowest BCUT2D eigenvalue weighted by molar-refractivity contribution is 0.713. The Bertz CT molecular complexity index is 673. The Hall–Kier alpha value is -1.46. The van der Waals surface area contributed by atoms with Gasteiger partial charge < -0.3 is 0 Å². The minimum atomic E-state index is 0.755. The van der Waals surface area contributed by atoms with Gasteiger partial charge in [-0.2, -0.15) is 0 Å². The van der Waals surface area contributed by atoms with Crippen molar-refractivity contribution in [2.75, 3.05) is 0 Å². The van der Waals surface area contributed by atoms with Gasteiger partial charge >= 0.3 is 0 Å². The summed E-state index contributed by atoms with van der Waals surface area (Å²) in [5.74, 6) is 0. The number of thiophene rings is 1. The van der Waals surface area contributed by atoms with Gasteiger partial charge in [-0.1, -0.05) is 16.8 Å². The van der Waals surface area contributed by atoms with Crippen LogP contribution in [0.25, 0.3) is 10.2 Å². The van der Waals surface area contributed by atoms with E-state index in [0.29, 0.717) is 0 Å². The number of nitrogens with zero attached hydrogens (tertiary/aromatic N) is 4. The van der Waals surface area contributed by atoms with E-state index in [1.807, 2.05) is 19.3 Å². The van der Waals surface area contributed by atoms with Crippen LogP contribution in [0.5, 0.6) is 0 Å². The zero-order valence-corrected chi connectivity index (χ0v) is 10.7. The summed E-state index contributed by atoms with van der Waals surface area (Å²) < 4.78 is 2.74. The number of pyridine rings is 1. The third-order valence-corrected chi connectivity index (χ3v) is 4.00. The lowest BCUT2D eigenvalue weighted by atomic mass is 10.3. The van der Waals surface area contributed by atoms with Crippen molar-refractivity contribution in [2.45, 2.75) is 6.42 Å². The van der Waals surface area contributed by atoms with Gasteiger partial charge in [0, 0.05) is 30.7 Å². The molecule has 86 valence electrons. The van der Waals surface area contributed by atoms with Crippen LogP contribution in [0, 0.1) is 0 Å². The molecule has 0 fully saturated rings. The van der Waals surface area contributed by atoms with Crippen molar-refractivity contribution in [3.63, 3.8) is 0 Å². The molecule has 0 bridgehead atoms. The van der Waals surface area contributed by atoms with Crippen LogP contribution < -0.4 is 0 Å². The molecular weight excluding hydrogens is 256 g/mol. The quantitative estimate of drug-likeness (QED) is 0.715. The summed E-state index contributed by atoms with van der Waals surface area (Å²) >= 11 is 7.77. The highest BCUT2D eigenvalue weighted by Gasteiger charge is 2.08. The largest absolute Gasteiger partial charge is 0.255 e. The van der Waals surface area contributed by atoms with Crippen LogP contribution in [0.2, 0.25) is 5.02 Å². The first-order valence-electron chi connectivity index (χ1n) is 5.10. The SMILES string of the molecule is Cn1cc(Cc2cc3nccc(Cl)c3s2)nn1. The van der Waals surface area contributed by atoms with E-state index in [1.165, 1.54) is 4.88 Å². The van der Waals surface area contributed by atoms with Crippen LogP contribution in [0.15, 0.2) is 24.5 Å². The molecule has 6 heteroatoms. The molecule has 3 aromatic heterocycles. The van der Waals surface area contributed by atoms with E-state index in [0.717, 1.165) is 27.4 Å². The Labute approximate surface area is 107 Å². The fourth-order valence-electron chi connectivity index (χ4n) is 1.70. The first kappa shape index (κ1) is 10.7. The maximum absolute atomic E-state index is 6.12. The van der Waals surface area contributed by atoms with Gasteiger partial charge in [0.05, 0.1) is 20.9 Å². The molecule has 4 nitrogen and oxygen atoms in total. The molecule has 0 saturated heterocycles. The highest BCUT2D eigenvalue weighted by atomic mass is 35.5. The summed E-state index contributed by atoms with van der Waals surface area (Å²) in [5.41, 5.74) is 1.90. The maximum atomic E-state index is 6.12. The van der Waals surface area contributed by atoms with Crippen LogP contribution in [-0.4, -0.2) is 20.0 Å². The van der Waals surface area contributed by atoms with E-state index in [1.54, 1.807) is 22.2 Å². The molecule has 0 amide bonds. The lowest BCUT2D eigenvalue weighted by Gasteiger charge is -1.89. The van der Waals surface area contributed by atoms with Gasteiger partial charge in [0.2, 0.25) is 0 Å². The van der Waals surface area contributed by atoms with Gasteiger partial charge in [-0.3, -0.25) is 9.67 Å². The third-order valence-electron chi connectivity index (χ3n) is 2.42. The van der Waals surface area contributed by atoms with E-state index in [4.69, 9.17) is 11.6 Å². The van der Waals surface area contributed by atoms with E-state index in [2.05, 4.69) is 21.4 Å². The maximum Gasteiger partial charge on any atom is 0.0878 e. The van der Waals surface area contributed by atoms with E-state index in [9.17, 15) is 0 Å². The highest BCUT2D eigenvalue weighted by Crippen LogP contribution is 2.31. The molecule has 3 rings (SSSR count). The van der Waals surface area contributed by atoms with Gasteiger partial charge in [0.25, 0.3) is 0 Å². The monoisotopic (exact) mass is 264 g/mol. The van der Waals surface area contributed by atoms with E-state index in [-0.39, 0.29) is 0 Å². The summed E-state index contributed by atoms with van der Waals surface area (Å²) in [4.78, 5) is 5.49. The molecule has 3 aromatic rings. The number of aryl methyl sites for hydroxylation is 1. The van der Waals surface area contributed by atoms with E-state index >= 15 is 0 Å². The van der Waals surface area contributed by atoms with Crippen LogP contribution in [0.3, 0.4) is 0 Å². The molecule has 0 aliphatic heterocycles. The van der Waals surface area contributed by atoms with Crippen LogP contribution in [-0.2, 0) is 13.5 Å². The van der Waals surface area contributed by atoms with Gasteiger partial charge in [-0.15, -0.1) is 16.4 Å². The van der Waals surface area contributed by atoms with Gasteiger partial charge in [-0.05, 0) is 12.1 Å². The van der Waals surface area contributed by atoms with Crippen molar-refractivity contribution >= 4 is 33.2 Å². The Balaban J connectivity index is 1.98. The minimum absolute atomic E-state index is 0.755. The Morgan fingerprint density at radius 2 is 2.35 bits per heavy atom. The van der Waals surface area contributed by atoms with Crippen LogP contribution in [0.1, 0.15) is 10.6 Å². The van der Waals surface area contributed by atoms with Gasteiger partial charge in [-0.25, -0.2) is 0 Å². The van der Waals surface area contributed by atoms with Crippen LogP contribution in [0.4, 0.5) is 0 Å². The van der Waals surface area contributed by atoms with Crippen molar-refractivity contribution in [1.82, 2.24) is 20.0 Å². The second kappa shape index (κ2) is 4.09. The van der Waals surface area contributed by atoms with Crippen molar-refractivity contribution in [2.24, 2.45) is 7.05 Å². The summed E-state index contributed by atoms with van der Waals surface area (Å²) in [7, 11) is 1.86. The molecule has 0 N–H and O–H groups in total. The van der Waals surface area contributed by atoms with Crippen molar-refractivity contribution in [1.29, 1.82) is 0 Å². The minimum Gasteiger partial charge on any atom is -0.255 e. The topological polar surface area (TPSA) is 43.6 Å².